The van der Waals surface area contributed by atoms with Gasteiger partial charge in [0.05, 0.1) is 12.1 Å². The van der Waals surface area contributed by atoms with Gasteiger partial charge in [0.25, 0.3) is 0 Å². The molecule has 0 saturated carbocycles. The Hall–Kier alpha value is -0.770. The van der Waals surface area contributed by atoms with Crippen LogP contribution in [0.5, 0.6) is 0 Å². The summed E-state index contributed by atoms with van der Waals surface area (Å²) in [6.07, 6.45) is 3.02. The molecule has 0 radical (unpaired) electrons. The van der Waals surface area contributed by atoms with Crippen molar-refractivity contribution >= 4 is 6.09 Å². The Balaban J connectivity index is 2.16. The quantitative estimate of drug-likeness (QED) is 0.723. The molecule has 0 unspecified atom stereocenters. The largest absolute Gasteiger partial charge is 0.444 e. The van der Waals surface area contributed by atoms with Gasteiger partial charge in [-0.15, -0.1) is 0 Å². The fourth-order valence-corrected chi connectivity index (χ4v) is 3.21. The Labute approximate surface area is 109 Å². The third kappa shape index (κ3) is 2.63. The highest BCUT2D eigenvalue weighted by molar-refractivity contribution is 5.69. The number of nitrogens with zero attached hydrogens (tertiary/aromatic N) is 1. The van der Waals surface area contributed by atoms with Gasteiger partial charge >= 0.3 is 6.09 Å². The van der Waals surface area contributed by atoms with E-state index in [-0.39, 0.29) is 24.3 Å². The molecule has 1 amide bonds. The molecule has 2 heterocycles. The van der Waals surface area contributed by atoms with Crippen LogP contribution in [0.3, 0.4) is 0 Å². The van der Waals surface area contributed by atoms with E-state index in [9.17, 15) is 9.90 Å². The lowest BCUT2D eigenvalue weighted by Gasteiger charge is -2.50. The van der Waals surface area contributed by atoms with Crippen LogP contribution in [0.2, 0.25) is 0 Å². The first-order valence-electron chi connectivity index (χ1n) is 6.99. The summed E-state index contributed by atoms with van der Waals surface area (Å²) in [5.41, 5.74) is -0.475. The van der Waals surface area contributed by atoms with Gasteiger partial charge in [-0.05, 0) is 52.4 Å². The van der Waals surface area contributed by atoms with Crippen molar-refractivity contribution in [2.75, 3.05) is 0 Å². The molecule has 2 bridgehead atoms. The average Bonchev–Trinajstić information content (AvgIpc) is 2.23. The van der Waals surface area contributed by atoms with Crippen molar-refractivity contribution in [2.24, 2.45) is 5.92 Å². The minimum Gasteiger partial charge on any atom is -0.444 e. The zero-order chi connectivity index (χ0) is 13.5. The van der Waals surface area contributed by atoms with E-state index >= 15 is 0 Å². The Morgan fingerprint density at radius 3 is 2.39 bits per heavy atom. The normalized spacial score (nSPS) is 36.4. The Kier molecular flexibility index (Phi) is 3.58. The van der Waals surface area contributed by atoms with Crippen LogP contribution >= 0.6 is 0 Å². The molecule has 18 heavy (non-hydrogen) atoms. The van der Waals surface area contributed by atoms with Gasteiger partial charge in [-0.3, -0.25) is 4.90 Å². The van der Waals surface area contributed by atoms with Gasteiger partial charge in [0, 0.05) is 6.04 Å². The summed E-state index contributed by atoms with van der Waals surface area (Å²) in [4.78, 5) is 14.1. The van der Waals surface area contributed by atoms with Gasteiger partial charge in [-0.1, -0.05) is 6.92 Å². The molecule has 0 spiro atoms. The van der Waals surface area contributed by atoms with E-state index in [0.29, 0.717) is 5.92 Å². The van der Waals surface area contributed by atoms with Crippen molar-refractivity contribution in [3.8, 4) is 0 Å². The van der Waals surface area contributed by atoms with E-state index < -0.39 is 5.60 Å². The number of rotatable bonds is 0. The predicted molar refractivity (Wildman–Crippen MR) is 69.3 cm³/mol. The summed E-state index contributed by atoms with van der Waals surface area (Å²) in [6.45, 7) is 7.83. The lowest BCUT2D eigenvalue weighted by Crippen LogP contribution is -2.61. The molecule has 2 aliphatic heterocycles. The Morgan fingerprint density at radius 2 is 1.78 bits per heavy atom. The van der Waals surface area contributed by atoms with Crippen LogP contribution in [0.1, 0.15) is 53.4 Å². The molecule has 0 aliphatic carbocycles. The highest BCUT2D eigenvalue weighted by Gasteiger charge is 2.46. The molecule has 2 fully saturated rings. The van der Waals surface area contributed by atoms with Crippen molar-refractivity contribution in [1.82, 2.24) is 4.90 Å². The van der Waals surface area contributed by atoms with Crippen LogP contribution in [0.15, 0.2) is 0 Å². The predicted octanol–water partition coefficient (Wildman–Crippen LogP) is 2.55. The first kappa shape index (κ1) is 13.7. The van der Waals surface area contributed by atoms with Gasteiger partial charge in [-0.2, -0.15) is 0 Å². The van der Waals surface area contributed by atoms with E-state index in [4.69, 9.17) is 4.74 Å². The fourth-order valence-electron chi connectivity index (χ4n) is 3.21. The molecule has 104 valence electrons. The van der Waals surface area contributed by atoms with E-state index in [1.807, 2.05) is 25.7 Å². The van der Waals surface area contributed by atoms with Crippen molar-refractivity contribution in [1.29, 1.82) is 0 Å². The van der Waals surface area contributed by atoms with Crippen LogP contribution in [0.4, 0.5) is 4.79 Å². The maximum Gasteiger partial charge on any atom is 0.410 e. The van der Waals surface area contributed by atoms with Crippen LogP contribution in [0.25, 0.3) is 0 Å². The van der Waals surface area contributed by atoms with E-state index in [0.717, 1.165) is 25.7 Å². The lowest BCUT2D eigenvalue weighted by molar-refractivity contribution is -0.0746. The van der Waals surface area contributed by atoms with Gasteiger partial charge in [0.1, 0.15) is 5.60 Å². The number of hydrogen-bond acceptors (Lipinski definition) is 3. The molecule has 0 aromatic carbocycles. The van der Waals surface area contributed by atoms with Crippen molar-refractivity contribution in [3.63, 3.8) is 0 Å². The lowest BCUT2D eigenvalue weighted by atomic mass is 9.77. The van der Waals surface area contributed by atoms with Crippen LogP contribution in [-0.2, 0) is 4.74 Å². The van der Waals surface area contributed by atoms with Gasteiger partial charge in [0.2, 0.25) is 0 Å². The Bertz CT molecular complexity index is 305. The summed E-state index contributed by atoms with van der Waals surface area (Å²) in [5.74, 6) is 0.501. The third-order valence-corrected chi connectivity index (χ3v) is 4.10. The first-order valence-corrected chi connectivity index (χ1v) is 6.99. The zero-order valence-corrected chi connectivity index (χ0v) is 11.8. The van der Waals surface area contributed by atoms with Gasteiger partial charge in [0.15, 0.2) is 0 Å². The van der Waals surface area contributed by atoms with Crippen molar-refractivity contribution in [3.05, 3.63) is 0 Å². The number of carbonyl (C=O) groups is 1. The second kappa shape index (κ2) is 4.72. The zero-order valence-electron chi connectivity index (χ0n) is 11.8. The highest BCUT2D eigenvalue weighted by atomic mass is 16.6. The van der Waals surface area contributed by atoms with Crippen LogP contribution in [0, 0.1) is 5.92 Å². The standard InChI is InChI=1S/C14H25NO3/c1-9-5-6-11-12(16)8-7-10(9)15(11)13(17)18-14(2,3)4/h9-12,16H,5-8H2,1-4H3/t9-,10+,11+,12+/m0/s1. The number of aliphatic hydroxyl groups is 1. The number of piperidine rings is 2. The highest BCUT2D eigenvalue weighted by Crippen LogP contribution is 2.38. The summed E-state index contributed by atoms with van der Waals surface area (Å²) in [5, 5.41) is 10.1. The summed E-state index contributed by atoms with van der Waals surface area (Å²) in [7, 11) is 0. The van der Waals surface area contributed by atoms with E-state index in [2.05, 4.69) is 6.92 Å². The third-order valence-electron chi connectivity index (χ3n) is 4.10. The maximum absolute atomic E-state index is 12.3. The number of amides is 1. The molecule has 4 nitrogen and oxygen atoms in total. The first-order chi connectivity index (χ1) is 8.29. The Morgan fingerprint density at radius 1 is 1.17 bits per heavy atom. The van der Waals surface area contributed by atoms with Crippen LogP contribution < -0.4 is 0 Å². The monoisotopic (exact) mass is 255 g/mol. The number of carbonyl (C=O) groups excluding carboxylic acids is 1. The number of fused-ring (bicyclic) bond motifs is 2. The molecule has 2 saturated heterocycles. The van der Waals surface area contributed by atoms with E-state index in [1.165, 1.54) is 0 Å². The average molecular weight is 255 g/mol. The van der Waals surface area contributed by atoms with Crippen LogP contribution in [-0.4, -0.2) is 39.9 Å². The number of ether oxygens (including phenoxy) is 1. The minimum atomic E-state index is -0.475. The molecular weight excluding hydrogens is 230 g/mol. The summed E-state index contributed by atoms with van der Waals surface area (Å²) < 4.78 is 5.49. The molecule has 0 aromatic rings. The minimum absolute atomic E-state index is 0.0465. The molecule has 4 heteroatoms. The van der Waals surface area contributed by atoms with Crippen molar-refractivity contribution in [2.45, 2.75) is 77.2 Å². The van der Waals surface area contributed by atoms with Crippen molar-refractivity contribution < 1.29 is 14.6 Å². The molecular formula is C14H25NO3. The number of hydrogen-bond donors (Lipinski definition) is 1. The second-order valence-corrected chi connectivity index (χ2v) is 6.72. The molecule has 0 aromatic heterocycles. The summed E-state index contributed by atoms with van der Waals surface area (Å²) >= 11 is 0. The maximum atomic E-state index is 12.3. The van der Waals surface area contributed by atoms with Gasteiger partial charge < -0.3 is 9.84 Å². The molecule has 1 N–H and O–H groups in total. The smallest absolute Gasteiger partial charge is 0.410 e. The molecule has 4 atom stereocenters. The molecule has 2 aliphatic rings. The molecule has 2 rings (SSSR count). The second-order valence-electron chi connectivity index (χ2n) is 6.72. The SMILES string of the molecule is C[C@H]1CC[C@@H]2[C@H](O)CC[C@H]1N2C(=O)OC(C)(C)C. The fraction of sp³-hybridized carbons (Fsp3) is 0.929. The van der Waals surface area contributed by atoms with Gasteiger partial charge in [-0.25, -0.2) is 4.79 Å². The van der Waals surface area contributed by atoms with E-state index in [1.54, 1.807) is 0 Å². The topological polar surface area (TPSA) is 49.8 Å². The number of aliphatic hydroxyl groups excluding tert-OH is 1. The summed E-state index contributed by atoms with van der Waals surface area (Å²) in [6, 6.07) is 0.191.